The van der Waals surface area contributed by atoms with Gasteiger partial charge in [-0.05, 0) is 36.8 Å². The number of thiazole rings is 1. The summed E-state index contributed by atoms with van der Waals surface area (Å²) in [5.41, 5.74) is 3.57. The highest BCUT2D eigenvalue weighted by molar-refractivity contribution is 7.13. The van der Waals surface area contributed by atoms with Gasteiger partial charge in [0.1, 0.15) is 5.75 Å². The molecule has 0 fully saturated rings. The Labute approximate surface area is 167 Å². The number of amides is 1. The number of hydrogen-bond donors (Lipinski definition) is 1. The summed E-state index contributed by atoms with van der Waals surface area (Å²) in [6.07, 6.45) is 1.10. The van der Waals surface area contributed by atoms with Crippen LogP contribution in [0.25, 0.3) is 0 Å². The summed E-state index contributed by atoms with van der Waals surface area (Å²) in [5.74, 6) is 0.262. The third kappa shape index (κ3) is 3.68. The van der Waals surface area contributed by atoms with Crippen molar-refractivity contribution in [2.75, 3.05) is 10.2 Å². The normalized spacial score (nSPS) is 13.5. The predicted molar refractivity (Wildman–Crippen MR) is 108 cm³/mol. The van der Waals surface area contributed by atoms with Crippen molar-refractivity contribution in [3.63, 3.8) is 0 Å². The lowest BCUT2D eigenvalue weighted by Gasteiger charge is -2.17. The van der Waals surface area contributed by atoms with Gasteiger partial charge in [0.25, 0.3) is 5.91 Å². The molecule has 0 aliphatic carbocycles. The standard InChI is InChI=1S/C21H18N4O2S/c1-14(27-17-6-2-4-15(10-17)11-22)20(26)24-19-7-3-5-16-12-25(13-18(16)19)21-23-8-9-28-21/h2-10,14H,12-13H2,1H3,(H,24,26). The largest absolute Gasteiger partial charge is 0.481 e. The van der Waals surface area contributed by atoms with Gasteiger partial charge in [0.2, 0.25) is 0 Å². The molecular formula is C21H18N4O2S. The van der Waals surface area contributed by atoms with E-state index >= 15 is 0 Å². The van der Waals surface area contributed by atoms with Crippen LogP contribution >= 0.6 is 11.3 Å². The number of ether oxygens (including phenoxy) is 1. The molecule has 2 aromatic carbocycles. The van der Waals surface area contributed by atoms with Crippen LogP contribution in [0.5, 0.6) is 5.75 Å². The van der Waals surface area contributed by atoms with Crippen LogP contribution in [0.1, 0.15) is 23.6 Å². The van der Waals surface area contributed by atoms with Crippen LogP contribution in [0.4, 0.5) is 10.8 Å². The van der Waals surface area contributed by atoms with Gasteiger partial charge in [0.15, 0.2) is 11.2 Å². The van der Waals surface area contributed by atoms with Crippen LogP contribution in [0, 0.1) is 11.3 Å². The molecule has 1 unspecified atom stereocenters. The molecule has 6 nitrogen and oxygen atoms in total. The van der Waals surface area contributed by atoms with Crippen molar-refractivity contribution in [3.8, 4) is 11.8 Å². The van der Waals surface area contributed by atoms with Gasteiger partial charge >= 0.3 is 0 Å². The lowest BCUT2D eigenvalue weighted by atomic mass is 10.1. The number of rotatable bonds is 5. The van der Waals surface area contributed by atoms with Crippen molar-refractivity contribution in [3.05, 3.63) is 70.7 Å². The number of aromatic nitrogens is 1. The summed E-state index contributed by atoms with van der Waals surface area (Å²) in [5, 5.41) is 14.9. The number of carbonyl (C=O) groups is 1. The van der Waals surface area contributed by atoms with Gasteiger partial charge < -0.3 is 15.0 Å². The zero-order valence-electron chi connectivity index (χ0n) is 15.3. The third-order valence-corrected chi connectivity index (χ3v) is 5.41. The molecule has 1 atom stereocenters. The molecule has 4 rings (SSSR count). The van der Waals surface area contributed by atoms with Crippen LogP contribution in [0.15, 0.2) is 54.0 Å². The molecule has 1 N–H and O–H groups in total. The molecule has 0 bridgehead atoms. The van der Waals surface area contributed by atoms with E-state index < -0.39 is 6.10 Å². The summed E-state index contributed by atoms with van der Waals surface area (Å²) in [4.78, 5) is 19.2. The monoisotopic (exact) mass is 390 g/mol. The van der Waals surface area contributed by atoms with E-state index in [0.29, 0.717) is 17.9 Å². The number of anilines is 2. The van der Waals surface area contributed by atoms with E-state index in [0.717, 1.165) is 22.9 Å². The van der Waals surface area contributed by atoms with Crippen molar-refractivity contribution in [1.82, 2.24) is 4.98 Å². The first-order valence-electron chi connectivity index (χ1n) is 8.87. The highest BCUT2D eigenvalue weighted by Crippen LogP contribution is 2.33. The average Bonchev–Trinajstić information content (AvgIpc) is 3.38. The summed E-state index contributed by atoms with van der Waals surface area (Å²) < 4.78 is 5.71. The average molecular weight is 390 g/mol. The number of hydrogen-bond acceptors (Lipinski definition) is 6. The second-order valence-corrected chi connectivity index (χ2v) is 7.38. The maximum Gasteiger partial charge on any atom is 0.265 e. The van der Waals surface area contributed by atoms with E-state index in [1.165, 1.54) is 5.56 Å². The second kappa shape index (κ2) is 7.71. The fourth-order valence-electron chi connectivity index (χ4n) is 3.18. The minimum atomic E-state index is -0.693. The Kier molecular flexibility index (Phi) is 4.96. The van der Waals surface area contributed by atoms with Gasteiger partial charge in [-0.25, -0.2) is 4.98 Å². The zero-order valence-corrected chi connectivity index (χ0v) is 16.1. The van der Waals surface area contributed by atoms with Crippen LogP contribution in [-0.2, 0) is 17.9 Å². The quantitative estimate of drug-likeness (QED) is 0.714. The minimum absolute atomic E-state index is 0.233. The molecule has 1 amide bonds. The van der Waals surface area contributed by atoms with Gasteiger partial charge in [-0.3, -0.25) is 4.79 Å². The van der Waals surface area contributed by atoms with E-state index in [2.05, 4.69) is 27.3 Å². The van der Waals surface area contributed by atoms with Crippen LogP contribution in [-0.4, -0.2) is 17.0 Å². The zero-order chi connectivity index (χ0) is 19.5. The van der Waals surface area contributed by atoms with Crippen molar-refractivity contribution in [2.45, 2.75) is 26.1 Å². The Hall–Kier alpha value is -3.37. The first-order valence-corrected chi connectivity index (χ1v) is 9.75. The predicted octanol–water partition coefficient (Wildman–Crippen LogP) is 3.94. The Bertz CT molecular complexity index is 1040. The Morgan fingerprint density at radius 3 is 2.96 bits per heavy atom. The van der Waals surface area contributed by atoms with Crippen molar-refractivity contribution in [2.24, 2.45) is 0 Å². The Morgan fingerprint density at radius 1 is 1.32 bits per heavy atom. The van der Waals surface area contributed by atoms with E-state index in [9.17, 15) is 4.79 Å². The van der Waals surface area contributed by atoms with Crippen molar-refractivity contribution < 1.29 is 9.53 Å². The highest BCUT2D eigenvalue weighted by atomic mass is 32.1. The van der Waals surface area contributed by atoms with Gasteiger partial charge in [-0.2, -0.15) is 5.26 Å². The lowest BCUT2D eigenvalue weighted by molar-refractivity contribution is -0.122. The molecule has 0 radical (unpaired) electrons. The molecule has 7 heteroatoms. The van der Waals surface area contributed by atoms with E-state index in [1.54, 1.807) is 48.7 Å². The Morgan fingerprint density at radius 2 is 2.18 bits per heavy atom. The molecule has 1 aliphatic rings. The number of benzene rings is 2. The van der Waals surface area contributed by atoms with E-state index in [4.69, 9.17) is 10.00 Å². The third-order valence-electron chi connectivity index (χ3n) is 4.58. The molecule has 0 saturated heterocycles. The fraction of sp³-hybridized carbons (Fsp3) is 0.190. The van der Waals surface area contributed by atoms with Gasteiger partial charge in [0.05, 0.1) is 11.6 Å². The molecule has 0 saturated carbocycles. The molecule has 140 valence electrons. The number of nitrogens with one attached hydrogen (secondary N) is 1. The molecule has 3 aromatic rings. The summed E-state index contributed by atoms with van der Waals surface area (Å²) in [7, 11) is 0. The number of nitrogens with zero attached hydrogens (tertiary/aromatic N) is 3. The highest BCUT2D eigenvalue weighted by Gasteiger charge is 2.25. The first kappa shape index (κ1) is 18.0. The van der Waals surface area contributed by atoms with Crippen molar-refractivity contribution in [1.29, 1.82) is 5.26 Å². The second-order valence-electron chi connectivity index (χ2n) is 6.50. The van der Waals surface area contributed by atoms with Crippen LogP contribution in [0.2, 0.25) is 0 Å². The van der Waals surface area contributed by atoms with Gasteiger partial charge in [0, 0.05) is 35.9 Å². The van der Waals surface area contributed by atoms with Crippen LogP contribution < -0.4 is 15.0 Å². The van der Waals surface area contributed by atoms with Gasteiger partial charge in [-0.1, -0.05) is 18.2 Å². The lowest BCUT2D eigenvalue weighted by Crippen LogP contribution is -2.30. The molecule has 1 aliphatic heterocycles. The first-order chi connectivity index (χ1) is 13.6. The fourth-order valence-corrected chi connectivity index (χ4v) is 3.82. The smallest absolute Gasteiger partial charge is 0.265 e. The van der Waals surface area contributed by atoms with Crippen LogP contribution in [0.3, 0.4) is 0 Å². The molecular weight excluding hydrogens is 372 g/mol. The maximum absolute atomic E-state index is 12.7. The van der Waals surface area contributed by atoms with Crippen molar-refractivity contribution >= 4 is 28.1 Å². The van der Waals surface area contributed by atoms with E-state index in [1.807, 2.05) is 17.5 Å². The van der Waals surface area contributed by atoms with Gasteiger partial charge in [-0.15, -0.1) is 11.3 Å². The maximum atomic E-state index is 12.7. The molecule has 2 heterocycles. The number of carbonyl (C=O) groups excluding carboxylic acids is 1. The molecule has 1 aromatic heterocycles. The number of nitriles is 1. The topological polar surface area (TPSA) is 78.2 Å². The summed E-state index contributed by atoms with van der Waals surface area (Å²) in [6, 6.07) is 14.8. The van der Waals surface area contributed by atoms with E-state index in [-0.39, 0.29) is 5.91 Å². The Balaban J connectivity index is 1.46. The SMILES string of the molecule is CC(Oc1cccc(C#N)c1)C(=O)Nc1cccc2c1CN(c1nccs1)C2. The molecule has 0 spiro atoms. The molecule has 28 heavy (non-hydrogen) atoms. The summed E-state index contributed by atoms with van der Waals surface area (Å²) in [6.45, 7) is 3.18. The minimum Gasteiger partial charge on any atom is -0.481 e. The number of fused-ring (bicyclic) bond motifs is 1. The summed E-state index contributed by atoms with van der Waals surface area (Å²) >= 11 is 1.60.